The minimum atomic E-state index is 0.0135. The molecule has 1 N–H and O–H groups in total. The van der Waals surface area contributed by atoms with Gasteiger partial charge in [0.25, 0.3) is 5.91 Å². The van der Waals surface area contributed by atoms with Gasteiger partial charge >= 0.3 is 0 Å². The molecule has 1 aliphatic heterocycles. The predicted octanol–water partition coefficient (Wildman–Crippen LogP) is 1.29. The van der Waals surface area contributed by atoms with Crippen molar-refractivity contribution in [2.45, 2.75) is 26.8 Å². The molecule has 24 heavy (non-hydrogen) atoms. The van der Waals surface area contributed by atoms with Gasteiger partial charge in [-0.25, -0.2) is 0 Å². The molecule has 0 radical (unpaired) electrons. The number of benzene rings is 1. The largest absolute Gasteiger partial charge is 0.496 e. The number of piperazine rings is 1. The maximum atomic E-state index is 12.6. The van der Waals surface area contributed by atoms with Crippen LogP contribution in [0.25, 0.3) is 0 Å². The highest BCUT2D eigenvalue weighted by atomic mass is 16.5. The summed E-state index contributed by atoms with van der Waals surface area (Å²) in [5.74, 6) is 0.775. The Hall–Kier alpha value is -2.08. The topological polar surface area (TPSA) is 61.9 Å². The molecule has 1 fully saturated rings. The zero-order valence-corrected chi connectivity index (χ0v) is 15.0. The second-order valence-electron chi connectivity index (χ2n) is 6.47. The van der Waals surface area contributed by atoms with Gasteiger partial charge in [-0.1, -0.05) is 6.07 Å². The van der Waals surface area contributed by atoms with Gasteiger partial charge < -0.3 is 15.0 Å². The van der Waals surface area contributed by atoms with Crippen LogP contribution in [-0.4, -0.2) is 67.5 Å². The van der Waals surface area contributed by atoms with E-state index in [9.17, 15) is 9.59 Å². The van der Waals surface area contributed by atoms with Crippen LogP contribution in [0.4, 0.5) is 0 Å². The second-order valence-corrected chi connectivity index (χ2v) is 6.47. The molecule has 0 aliphatic carbocycles. The van der Waals surface area contributed by atoms with Crippen LogP contribution in [0.1, 0.15) is 29.8 Å². The Bertz CT molecular complexity index is 593. The first-order valence-electron chi connectivity index (χ1n) is 8.36. The number of hydrogen-bond acceptors (Lipinski definition) is 4. The molecule has 1 aromatic rings. The normalized spacial score (nSPS) is 15.5. The SMILES string of the molecule is COc1cc(C(=O)N2CCN(CC(=O)NC(C)C)CC2)ccc1C. The second kappa shape index (κ2) is 8.15. The Labute approximate surface area is 143 Å². The van der Waals surface area contributed by atoms with Crippen molar-refractivity contribution in [1.82, 2.24) is 15.1 Å². The van der Waals surface area contributed by atoms with Gasteiger partial charge in [0, 0.05) is 37.8 Å². The van der Waals surface area contributed by atoms with E-state index in [-0.39, 0.29) is 17.9 Å². The number of nitrogens with one attached hydrogen (secondary N) is 1. The van der Waals surface area contributed by atoms with Crippen molar-refractivity contribution in [2.75, 3.05) is 39.8 Å². The van der Waals surface area contributed by atoms with Crippen LogP contribution in [0.3, 0.4) is 0 Å². The Kier molecular flexibility index (Phi) is 6.20. The van der Waals surface area contributed by atoms with Crippen LogP contribution in [0.5, 0.6) is 5.75 Å². The maximum absolute atomic E-state index is 12.6. The van der Waals surface area contributed by atoms with Crippen molar-refractivity contribution in [1.29, 1.82) is 0 Å². The lowest BCUT2D eigenvalue weighted by Gasteiger charge is -2.34. The highest BCUT2D eigenvalue weighted by Gasteiger charge is 2.23. The van der Waals surface area contributed by atoms with Crippen molar-refractivity contribution in [3.63, 3.8) is 0 Å². The first kappa shape index (κ1) is 18.3. The Morgan fingerprint density at radius 2 is 1.88 bits per heavy atom. The van der Waals surface area contributed by atoms with Crippen LogP contribution < -0.4 is 10.1 Å². The number of carbonyl (C=O) groups excluding carboxylic acids is 2. The minimum absolute atomic E-state index is 0.0135. The maximum Gasteiger partial charge on any atom is 0.254 e. The summed E-state index contributed by atoms with van der Waals surface area (Å²) in [6.07, 6.45) is 0. The number of aryl methyl sites for hydroxylation is 1. The molecule has 1 saturated heterocycles. The first-order chi connectivity index (χ1) is 11.4. The molecule has 0 unspecified atom stereocenters. The van der Waals surface area contributed by atoms with Crippen molar-refractivity contribution in [3.05, 3.63) is 29.3 Å². The molecule has 0 saturated carbocycles. The minimum Gasteiger partial charge on any atom is -0.496 e. The molecule has 0 aromatic heterocycles. The van der Waals surface area contributed by atoms with E-state index in [1.807, 2.05) is 37.8 Å². The number of hydrogen-bond donors (Lipinski definition) is 1. The predicted molar refractivity (Wildman–Crippen MR) is 93.4 cm³/mol. The van der Waals surface area contributed by atoms with E-state index in [0.717, 1.165) is 11.3 Å². The summed E-state index contributed by atoms with van der Waals surface area (Å²) in [4.78, 5) is 28.4. The highest BCUT2D eigenvalue weighted by Crippen LogP contribution is 2.20. The molecular formula is C18H27N3O3. The zero-order chi connectivity index (χ0) is 17.7. The van der Waals surface area contributed by atoms with Gasteiger partial charge in [0.1, 0.15) is 5.75 Å². The monoisotopic (exact) mass is 333 g/mol. The van der Waals surface area contributed by atoms with Crippen LogP contribution in [0.15, 0.2) is 18.2 Å². The van der Waals surface area contributed by atoms with Crippen LogP contribution in [0.2, 0.25) is 0 Å². The molecular weight excluding hydrogens is 306 g/mol. The van der Waals surface area contributed by atoms with E-state index < -0.39 is 0 Å². The van der Waals surface area contributed by atoms with E-state index >= 15 is 0 Å². The van der Waals surface area contributed by atoms with Crippen LogP contribution in [0, 0.1) is 6.92 Å². The smallest absolute Gasteiger partial charge is 0.254 e. The lowest BCUT2D eigenvalue weighted by molar-refractivity contribution is -0.123. The molecule has 0 atom stereocenters. The molecule has 0 bridgehead atoms. The van der Waals surface area contributed by atoms with Crippen molar-refractivity contribution in [2.24, 2.45) is 0 Å². The molecule has 1 aromatic carbocycles. The standard InChI is InChI=1S/C18H27N3O3/c1-13(2)19-17(22)12-20-7-9-21(10-8-20)18(23)15-6-5-14(3)16(11-15)24-4/h5-6,11,13H,7-10,12H2,1-4H3,(H,19,22). The van der Waals surface area contributed by atoms with E-state index in [4.69, 9.17) is 4.74 Å². The molecule has 1 heterocycles. The molecule has 6 heteroatoms. The van der Waals surface area contributed by atoms with Crippen LogP contribution >= 0.6 is 0 Å². The van der Waals surface area contributed by atoms with Gasteiger partial charge in [-0.2, -0.15) is 0 Å². The molecule has 132 valence electrons. The molecule has 0 spiro atoms. The fourth-order valence-electron chi connectivity index (χ4n) is 2.82. The summed E-state index contributed by atoms with van der Waals surface area (Å²) in [5, 5.41) is 2.89. The molecule has 2 amide bonds. The Balaban J connectivity index is 1.90. The zero-order valence-electron chi connectivity index (χ0n) is 15.0. The van der Waals surface area contributed by atoms with Gasteiger partial charge in [0.2, 0.25) is 5.91 Å². The van der Waals surface area contributed by atoms with E-state index in [2.05, 4.69) is 10.2 Å². The number of ether oxygens (including phenoxy) is 1. The third-order valence-corrected chi connectivity index (χ3v) is 4.13. The van der Waals surface area contributed by atoms with Crippen molar-refractivity contribution < 1.29 is 14.3 Å². The third-order valence-electron chi connectivity index (χ3n) is 4.13. The summed E-state index contributed by atoms with van der Waals surface area (Å²) in [5.41, 5.74) is 1.65. The van der Waals surface area contributed by atoms with Gasteiger partial charge in [-0.05, 0) is 38.5 Å². The fraction of sp³-hybridized carbons (Fsp3) is 0.556. The lowest BCUT2D eigenvalue weighted by atomic mass is 10.1. The average molecular weight is 333 g/mol. The van der Waals surface area contributed by atoms with Gasteiger partial charge in [0.15, 0.2) is 0 Å². The Morgan fingerprint density at radius 1 is 1.21 bits per heavy atom. The van der Waals surface area contributed by atoms with Crippen LogP contribution in [-0.2, 0) is 4.79 Å². The number of amides is 2. The van der Waals surface area contributed by atoms with Gasteiger partial charge in [-0.15, -0.1) is 0 Å². The van der Waals surface area contributed by atoms with Gasteiger partial charge in [0.05, 0.1) is 13.7 Å². The van der Waals surface area contributed by atoms with E-state index in [0.29, 0.717) is 38.3 Å². The molecule has 6 nitrogen and oxygen atoms in total. The number of methoxy groups -OCH3 is 1. The van der Waals surface area contributed by atoms with Gasteiger partial charge in [-0.3, -0.25) is 14.5 Å². The first-order valence-corrected chi connectivity index (χ1v) is 8.36. The highest BCUT2D eigenvalue weighted by molar-refractivity contribution is 5.94. The lowest BCUT2D eigenvalue weighted by Crippen LogP contribution is -2.51. The Morgan fingerprint density at radius 3 is 2.46 bits per heavy atom. The summed E-state index contributed by atoms with van der Waals surface area (Å²) >= 11 is 0. The molecule has 2 rings (SSSR count). The quantitative estimate of drug-likeness (QED) is 0.882. The molecule has 1 aliphatic rings. The van der Waals surface area contributed by atoms with E-state index in [1.165, 1.54) is 0 Å². The average Bonchev–Trinajstić information content (AvgIpc) is 2.54. The van der Waals surface area contributed by atoms with Crippen molar-refractivity contribution >= 4 is 11.8 Å². The summed E-state index contributed by atoms with van der Waals surface area (Å²) in [6, 6.07) is 5.68. The third kappa shape index (κ3) is 4.71. The number of nitrogens with zero attached hydrogens (tertiary/aromatic N) is 2. The summed E-state index contributed by atoms with van der Waals surface area (Å²) < 4.78 is 5.29. The number of carbonyl (C=O) groups is 2. The summed E-state index contributed by atoms with van der Waals surface area (Å²) in [6.45, 7) is 8.91. The summed E-state index contributed by atoms with van der Waals surface area (Å²) in [7, 11) is 1.61. The van der Waals surface area contributed by atoms with Crippen molar-refractivity contribution in [3.8, 4) is 5.75 Å². The fourth-order valence-corrected chi connectivity index (χ4v) is 2.82. The number of rotatable bonds is 5. The van der Waals surface area contributed by atoms with E-state index in [1.54, 1.807) is 13.2 Å².